The predicted octanol–water partition coefficient (Wildman–Crippen LogP) is 5.96. The maximum absolute atomic E-state index is 13.2. The minimum Gasteiger partial charge on any atom is -0.467 e. The molecule has 0 saturated carbocycles. The minimum atomic E-state index is -3.70. The molecule has 264 valence electrons. The summed E-state index contributed by atoms with van der Waals surface area (Å²) >= 11 is 1.53. The van der Waals surface area contributed by atoms with Crippen molar-refractivity contribution in [3.63, 3.8) is 0 Å². The molecule has 0 aromatic rings. The Bertz CT molecular complexity index is 1120. The fourth-order valence-electron chi connectivity index (χ4n) is 4.52. The molecular weight excluding hydrogens is 625 g/mol. The maximum atomic E-state index is 13.2. The van der Waals surface area contributed by atoms with E-state index in [1.807, 2.05) is 6.26 Å². The number of ether oxygens (including phenoxy) is 1. The highest BCUT2D eigenvalue weighted by molar-refractivity contribution is 7.98. The number of methoxy groups -OCH3 is 1. The van der Waals surface area contributed by atoms with Crippen LogP contribution in [0.25, 0.3) is 0 Å². The average Bonchev–Trinajstić information content (AvgIpc) is 2.97. The highest BCUT2D eigenvalue weighted by atomic mass is 32.2. The predicted molar refractivity (Wildman–Crippen MR) is 190 cm³/mol. The summed E-state index contributed by atoms with van der Waals surface area (Å²) in [7, 11) is -2.46. The van der Waals surface area contributed by atoms with Crippen LogP contribution in [0.1, 0.15) is 93.9 Å². The lowest BCUT2D eigenvalue weighted by Crippen LogP contribution is -2.58. The van der Waals surface area contributed by atoms with Gasteiger partial charge in [0.1, 0.15) is 18.1 Å². The Morgan fingerprint density at radius 2 is 1.43 bits per heavy atom. The van der Waals surface area contributed by atoms with E-state index in [1.165, 1.54) is 30.0 Å². The summed E-state index contributed by atoms with van der Waals surface area (Å²) in [6, 6.07) is -2.82. The van der Waals surface area contributed by atoms with Gasteiger partial charge in [0.2, 0.25) is 25.1 Å². The fourth-order valence-corrected chi connectivity index (χ4v) is 6.32. The second-order valence-corrected chi connectivity index (χ2v) is 16.2. The average molecular weight is 686 g/mol. The molecule has 0 radical (unpaired) electrons. The Labute approximate surface area is 281 Å². The van der Waals surface area contributed by atoms with E-state index in [0.717, 1.165) is 37.6 Å². The van der Waals surface area contributed by atoms with Gasteiger partial charge in [-0.2, -0.15) is 11.8 Å². The normalized spacial score (nSPS) is 15.9. The van der Waals surface area contributed by atoms with Gasteiger partial charge in [-0.05, 0) is 89.1 Å². The first kappa shape index (κ1) is 43.6. The molecule has 4 N–H and O–H groups in total. The van der Waals surface area contributed by atoms with Gasteiger partial charge in [-0.3, -0.25) is 18.9 Å². The van der Waals surface area contributed by atoms with Crippen LogP contribution < -0.4 is 16.0 Å². The van der Waals surface area contributed by atoms with Crippen molar-refractivity contribution in [1.82, 2.24) is 16.0 Å². The zero-order valence-electron chi connectivity index (χ0n) is 29.7. The largest absolute Gasteiger partial charge is 0.467 e. The van der Waals surface area contributed by atoms with Gasteiger partial charge in [-0.25, -0.2) is 4.79 Å². The molecule has 0 heterocycles. The molecule has 0 fully saturated rings. The number of amides is 3. The van der Waals surface area contributed by atoms with Crippen LogP contribution in [0.2, 0.25) is 0 Å². The van der Waals surface area contributed by atoms with Gasteiger partial charge >= 0.3 is 5.97 Å². The van der Waals surface area contributed by atoms with Crippen molar-refractivity contribution in [1.29, 1.82) is 0 Å². The van der Waals surface area contributed by atoms with Crippen molar-refractivity contribution >= 4 is 42.8 Å². The second-order valence-electron chi connectivity index (χ2n) is 13.0. The zero-order valence-corrected chi connectivity index (χ0v) is 31.4. The highest BCUT2D eigenvalue weighted by Crippen LogP contribution is 2.43. The van der Waals surface area contributed by atoms with Crippen molar-refractivity contribution in [3.8, 4) is 0 Å². The first-order valence-electron chi connectivity index (χ1n) is 16.2. The quantitative estimate of drug-likeness (QED) is 0.0472. The second kappa shape index (κ2) is 23.0. The molecule has 5 atom stereocenters. The molecule has 0 saturated heterocycles. The molecule has 5 unspecified atom stereocenters. The summed E-state index contributed by atoms with van der Waals surface area (Å²) < 4.78 is 17.6. The third kappa shape index (κ3) is 19.3. The van der Waals surface area contributed by atoms with E-state index in [1.54, 1.807) is 27.7 Å². The molecule has 0 aliphatic rings. The van der Waals surface area contributed by atoms with Gasteiger partial charge in [0.15, 0.2) is 0 Å². The number of allylic oxidation sites excluding steroid dienone is 4. The van der Waals surface area contributed by atoms with Crippen LogP contribution in [-0.4, -0.2) is 72.0 Å². The third-order valence-corrected chi connectivity index (χ3v) is 9.71. The van der Waals surface area contributed by atoms with E-state index in [-0.39, 0.29) is 23.9 Å². The Kier molecular flexibility index (Phi) is 21.9. The van der Waals surface area contributed by atoms with E-state index in [2.05, 4.69) is 55.8 Å². The lowest BCUT2D eigenvalue weighted by atomic mass is 9.99. The summed E-state index contributed by atoms with van der Waals surface area (Å²) in [6.45, 7) is 15.4. The molecular formula is C34H60N3O7PS. The van der Waals surface area contributed by atoms with Crippen LogP contribution in [0.4, 0.5) is 0 Å². The standard InChI is InChI=1S/C34H60N3O7PS/c1-23(2)13-11-14-26(7)15-12-16-27(8)17-20-45(42,43)21-18-29(38)36-30(24(3)4)33(40)37-31(25(5)6)32(39)35-28(19-22-46-10)34(41)44-9/h13,15,18,21,24-25,27-28,30-31H,11-12,14,16-17,19-20,22H2,1-10H3,(H,35,39)(H,36,38)(H,37,40)(H,42,43)/b21-18+,26-15?. The third-order valence-electron chi connectivity index (χ3n) is 7.55. The van der Waals surface area contributed by atoms with Crippen molar-refractivity contribution < 1.29 is 33.4 Å². The first-order valence-corrected chi connectivity index (χ1v) is 19.5. The number of nitrogens with one attached hydrogen (secondary N) is 3. The van der Waals surface area contributed by atoms with Crippen LogP contribution in [-0.2, 0) is 28.5 Å². The van der Waals surface area contributed by atoms with Gasteiger partial charge < -0.3 is 25.6 Å². The Morgan fingerprint density at radius 1 is 0.848 bits per heavy atom. The van der Waals surface area contributed by atoms with Crippen molar-refractivity contribution in [3.05, 3.63) is 35.2 Å². The van der Waals surface area contributed by atoms with Crippen LogP contribution in [0.5, 0.6) is 0 Å². The minimum absolute atomic E-state index is 0.0595. The lowest BCUT2D eigenvalue weighted by molar-refractivity contribution is -0.145. The Balaban J connectivity index is 5.17. The lowest BCUT2D eigenvalue weighted by Gasteiger charge is -2.28. The van der Waals surface area contributed by atoms with E-state index in [0.29, 0.717) is 18.6 Å². The van der Waals surface area contributed by atoms with Crippen molar-refractivity contribution in [2.45, 2.75) is 112 Å². The summed E-state index contributed by atoms with van der Waals surface area (Å²) in [5, 5.41) is 7.99. The summed E-state index contributed by atoms with van der Waals surface area (Å²) in [6.07, 6.45) is 12.2. The number of hydrogen-bond acceptors (Lipinski definition) is 7. The number of carbonyl (C=O) groups is 4. The molecule has 0 rings (SSSR count). The molecule has 12 heteroatoms. The summed E-state index contributed by atoms with van der Waals surface area (Å²) in [4.78, 5) is 61.7. The number of esters is 1. The van der Waals surface area contributed by atoms with Crippen LogP contribution >= 0.6 is 19.1 Å². The summed E-state index contributed by atoms with van der Waals surface area (Å²) in [5.74, 6) is -1.12. The van der Waals surface area contributed by atoms with Gasteiger partial charge in [-0.1, -0.05) is 57.9 Å². The molecule has 0 bridgehead atoms. The molecule has 0 aromatic heterocycles. The molecule has 46 heavy (non-hydrogen) atoms. The van der Waals surface area contributed by atoms with Crippen molar-refractivity contribution in [2.75, 3.05) is 25.3 Å². The SMILES string of the molecule is COC(=O)C(CCSC)NC(=O)C(NC(=O)C(NC(=O)/C=C/P(=O)(O)CCC(C)CCC=C(C)CCC=C(C)C)C(C)C)C(C)C. The van der Waals surface area contributed by atoms with E-state index in [4.69, 9.17) is 4.74 Å². The van der Waals surface area contributed by atoms with E-state index < -0.39 is 49.2 Å². The Hall–Kier alpha value is -2.36. The smallest absolute Gasteiger partial charge is 0.328 e. The Morgan fingerprint density at radius 3 is 1.98 bits per heavy atom. The molecule has 10 nitrogen and oxygen atoms in total. The van der Waals surface area contributed by atoms with E-state index in [9.17, 15) is 28.6 Å². The molecule has 0 aromatic carbocycles. The summed E-state index contributed by atoms with van der Waals surface area (Å²) in [5.41, 5.74) is 2.66. The van der Waals surface area contributed by atoms with Gasteiger partial charge in [0, 0.05) is 18.1 Å². The zero-order chi connectivity index (χ0) is 35.4. The highest BCUT2D eigenvalue weighted by Gasteiger charge is 2.32. The van der Waals surface area contributed by atoms with Crippen LogP contribution in [0.3, 0.4) is 0 Å². The van der Waals surface area contributed by atoms with Gasteiger partial charge in [0.25, 0.3) is 0 Å². The first-order chi connectivity index (χ1) is 21.4. The van der Waals surface area contributed by atoms with Crippen LogP contribution in [0, 0.1) is 17.8 Å². The number of carbonyl (C=O) groups excluding carboxylic acids is 4. The molecule has 0 aliphatic carbocycles. The van der Waals surface area contributed by atoms with Gasteiger partial charge in [0.05, 0.1) is 7.11 Å². The topological polar surface area (TPSA) is 151 Å². The fraction of sp³-hybridized carbons (Fsp3) is 0.706. The monoisotopic (exact) mass is 685 g/mol. The van der Waals surface area contributed by atoms with Crippen LogP contribution in [0.15, 0.2) is 35.2 Å². The maximum Gasteiger partial charge on any atom is 0.328 e. The molecule has 3 amide bonds. The van der Waals surface area contributed by atoms with E-state index >= 15 is 0 Å². The molecule has 0 spiro atoms. The molecule has 0 aliphatic heterocycles. The number of hydrogen-bond donors (Lipinski definition) is 4. The number of thioether (sulfide) groups is 1. The van der Waals surface area contributed by atoms with Gasteiger partial charge in [-0.15, -0.1) is 0 Å². The number of rotatable bonds is 22. The van der Waals surface area contributed by atoms with Crippen molar-refractivity contribution in [2.24, 2.45) is 17.8 Å².